The first-order valence-electron chi connectivity index (χ1n) is 10.1. The summed E-state index contributed by atoms with van der Waals surface area (Å²) in [5.41, 5.74) is 5.15. The molecule has 0 atom stereocenters. The molecule has 0 saturated carbocycles. The van der Waals surface area contributed by atoms with Crippen molar-refractivity contribution < 1.29 is 22.8 Å². The summed E-state index contributed by atoms with van der Waals surface area (Å²) in [5, 5.41) is 0.496. The van der Waals surface area contributed by atoms with Gasteiger partial charge in [-0.2, -0.15) is 0 Å². The Bertz CT molecular complexity index is 1440. The molecule has 0 radical (unpaired) electrons. The molecule has 34 heavy (non-hydrogen) atoms. The van der Waals surface area contributed by atoms with Gasteiger partial charge in [-0.1, -0.05) is 12.1 Å². The highest BCUT2D eigenvalue weighted by molar-refractivity contribution is 7.89. The third kappa shape index (κ3) is 5.92. The fourth-order valence-electron chi connectivity index (χ4n) is 3.05. The minimum Gasteiger partial charge on any atom is -0.309 e. The summed E-state index contributed by atoms with van der Waals surface area (Å²) in [6.07, 6.45) is -0.513. The molecule has 0 aliphatic heterocycles. The Labute approximate surface area is 199 Å². The van der Waals surface area contributed by atoms with Crippen LogP contribution in [0.4, 0.5) is 0 Å². The Morgan fingerprint density at radius 3 is 2.53 bits per heavy atom. The zero-order valence-electron chi connectivity index (χ0n) is 18.6. The highest BCUT2D eigenvalue weighted by atomic mass is 32.2. The average molecular weight is 506 g/mol. The molecule has 0 aliphatic carbocycles. The van der Waals surface area contributed by atoms with Crippen LogP contribution in [0.5, 0.6) is 0 Å². The number of sulfonamides is 1. The van der Waals surface area contributed by atoms with Crippen LogP contribution >= 0.6 is 11.3 Å². The lowest BCUT2D eigenvalue weighted by molar-refractivity contribution is -0.128. The lowest BCUT2D eigenvalue weighted by Gasteiger charge is -2.09. The average Bonchev–Trinajstić information content (AvgIpc) is 3.06. The van der Waals surface area contributed by atoms with Crippen molar-refractivity contribution in [1.82, 2.24) is 25.5 Å². The van der Waals surface area contributed by atoms with Crippen LogP contribution < -0.4 is 21.1 Å². The quantitative estimate of drug-likeness (QED) is 0.260. The van der Waals surface area contributed by atoms with Crippen LogP contribution in [0, 0.1) is 13.8 Å². The number of thiophene rings is 1. The molecular weight excluding hydrogens is 482 g/mol. The predicted octanol–water partition coefficient (Wildman–Crippen LogP) is 0.863. The normalized spacial score (nSPS) is 11.4. The van der Waals surface area contributed by atoms with Gasteiger partial charge in [0.1, 0.15) is 10.7 Å². The van der Waals surface area contributed by atoms with Gasteiger partial charge in [0, 0.05) is 23.4 Å². The number of aryl methyl sites for hydroxylation is 2. The van der Waals surface area contributed by atoms with Gasteiger partial charge >= 0.3 is 0 Å². The van der Waals surface area contributed by atoms with Crippen LogP contribution in [0.15, 0.2) is 34.0 Å². The molecule has 2 heterocycles. The van der Waals surface area contributed by atoms with E-state index >= 15 is 0 Å². The summed E-state index contributed by atoms with van der Waals surface area (Å²) in [5.74, 6) is -1.35. The van der Waals surface area contributed by atoms with E-state index in [-0.39, 0.29) is 47.0 Å². The monoisotopic (exact) mass is 505 g/mol. The van der Waals surface area contributed by atoms with Gasteiger partial charge in [0.25, 0.3) is 5.56 Å². The molecular formula is C21H23N5O6S2. The summed E-state index contributed by atoms with van der Waals surface area (Å²) >= 11 is 1.36. The lowest BCUT2D eigenvalue weighted by atomic mass is 10.2. The largest absolute Gasteiger partial charge is 0.309 e. The van der Waals surface area contributed by atoms with Gasteiger partial charge in [-0.3, -0.25) is 30.0 Å². The van der Waals surface area contributed by atoms with Gasteiger partial charge in [0.2, 0.25) is 21.8 Å². The van der Waals surface area contributed by atoms with Gasteiger partial charge < -0.3 is 4.98 Å². The van der Waals surface area contributed by atoms with Crippen molar-refractivity contribution >= 4 is 49.2 Å². The van der Waals surface area contributed by atoms with E-state index in [1.54, 1.807) is 0 Å². The van der Waals surface area contributed by atoms with Crippen LogP contribution in [0.3, 0.4) is 0 Å². The van der Waals surface area contributed by atoms with Gasteiger partial charge in [0.05, 0.1) is 16.7 Å². The number of nitrogens with zero attached hydrogens (tertiary/aromatic N) is 1. The number of amides is 2. The smallest absolute Gasteiger partial charge is 0.259 e. The Hall–Kier alpha value is -3.42. The SMILES string of the molecule is CC(=O)c1cccc(S(=O)(=O)NCCC(=O)NNC(=O)Cc2nc3sc(C)c(C)c3c(=O)[nH]2)c1. The number of nitrogens with one attached hydrogen (secondary N) is 4. The minimum atomic E-state index is -3.92. The molecule has 0 bridgehead atoms. The van der Waals surface area contributed by atoms with Crippen molar-refractivity contribution in [2.24, 2.45) is 0 Å². The molecule has 0 aliphatic rings. The molecule has 0 spiro atoms. The summed E-state index contributed by atoms with van der Waals surface area (Å²) in [7, 11) is -3.92. The summed E-state index contributed by atoms with van der Waals surface area (Å²) in [6, 6.07) is 5.54. The van der Waals surface area contributed by atoms with E-state index in [4.69, 9.17) is 0 Å². The second kappa shape index (κ2) is 10.2. The molecule has 0 unspecified atom stereocenters. The fraction of sp³-hybridized carbons (Fsp3) is 0.286. The van der Waals surface area contributed by atoms with Crippen molar-refractivity contribution in [2.45, 2.75) is 38.5 Å². The van der Waals surface area contributed by atoms with E-state index in [0.717, 1.165) is 10.4 Å². The third-order valence-corrected chi connectivity index (χ3v) is 7.51. The number of benzene rings is 1. The molecule has 13 heteroatoms. The standard InChI is InChI=1S/C21H23N5O6S2/c1-11-13(3)33-21-19(11)20(30)23-16(24-21)10-18(29)26-25-17(28)7-8-22-34(31,32)15-6-4-5-14(9-15)12(2)27/h4-6,9,22H,7-8,10H2,1-3H3,(H,25,28)(H,26,29)(H,23,24,30). The van der Waals surface area contributed by atoms with Crippen LogP contribution in [0.2, 0.25) is 0 Å². The summed E-state index contributed by atoms with van der Waals surface area (Å²) in [6.45, 7) is 4.81. The second-order valence-corrected chi connectivity index (χ2v) is 10.5. The number of rotatable bonds is 8. The molecule has 0 fully saturated rings. The van der Waals surface area contributed by atoms with Gasteiger partial charge in [-0.15, -0.1) is 11.3 Å². The van der Waals surface area contributed by atoms with Crippen LogP contribution in [-0.4, -0.2) is 42.5 Å². The molecule has 2 amide bonds. The number of Topliss-reactive ketones (excluding diaryl/α,β-unsaturated/α-hetero) is 1. The van der Waals surface area contributed by atoms with Crippen molar-refractivity contribution in [1.29, 1.82) is 0 Å². The molecule has 3 rings (SSSR count). The van der Waals surface area contributed by atoms with E-state index < -0.39 is 21.8 Å². The molecule has 180 valence electrons. The van der Waals surface area contributed by atoms with Crippen molar-refractivity contribution in [2.75, 3.05) is 6.54 Å². The minimum absolute atomic E-state index is 0.0940. The molecule has 3 aromatic rings. The van der Waals surface area contributed by atoms with Crippen molar-refractivity contribution in [3.8, 4) is 0 Å². The van der Waals surface area contributed by atoms with Gasteiger partial charge in [-0.05, 0) is 38.5 Å². The Kier molecular flexibility index (Phi) is 7.59. The van der Waals surface area contributed by atoms with E-state index in [9.17, 15) is 27.6 Å². The Morgan fingerprint density at radius 2 is 1.82 bits per heavy atom. The van der Waals surface area contributed by atoms with E-state index in [1.807, 2.05) is 13.8 Å². The Morgan fingerprint density at radius 1 is 1.12 bits per heavy atom. The maximum absolute atomic E-state index is 12.3. The third-order valence-electron chi connectivity index (χ3n) is 4.95. The summed E-state index contributed by atoms with van der Waals surface area (Å²) in [4.78, 5) is 56.1. The van der Waals surface area contributed by atoms with Crippen LogP contribution in [0.1, 0.15) is 40.0 Å². The number of aromatic nitrogens is 2. The number of H-pyrrole nitrogens is 1. The number of aromatic amines is 1. The van der Waals surface area contributed by atoms with E-state index in [1.165, 1.54) is 42.5 Å². The van der Waals surface area contributed by atoms with Crippen molar-refractivity contribution in [3.63, 3.8) is 0 Å². The van der Waals surface area contributed by atoms with Crippen LogP contribution in [0.25, 0.3) is 10.2 Å². The number of carbonyl (C=O) groups is 3. The summed E-state index contributed by atoms with van der Waals surface area (Å²) < 4.78 is 27.0. The number of hydrogen-bond acceptors (Lipinski definition) is 8. The molecule has 4 N–H and O–H groups in total. The first kappa shape index (κ1) is 25.2. The van der Waals surface area contributed by atoms with Gasteiger partial charge in [-0.25, -0.2) is 18.1 Å². The van der Waals surface area contributed by atoms with E-state index in [0.29, 0.717) is 10.2 Å². The predicted molar refractivity (Wildman–Crippen MR) is 126 cm³/mol. The number of hydrogen-bond donors (Lipinski definition) is 4. The lowest BCUT2D eigenvalue weighted by Crippen LogP contribution is -2.43. The number of carbonyl (C=O) groups excluding carboxylic acids is 3. The van der Waals surface area contributed by atoms with Crippen LogP contribution in [-0.2, 0) is 26.0 Å². The highest BCUT2D eigenvalue weighted by Gasteiger charge is 2.17. The number of fused-ring (bicyclic) bond motifs is 1. The molecule has 11 nitrogen and oxygen atoms in total. The first-order chi connectivity index (χ1) is 16.0. The second-order valence-electron chi connectivity index (χ2n) is 7.48. The molecule has 0 saturated heterocycles. The Balaban J connectivity index is 1.49. The highest BCUT2D eigenvalue weighted by Crippen LogP contribution is 2.25. The zero-order valence-corrected chi connectivity index (χ0v) is 20.3. The molecule has 2 aromatic heterocycles. The van der Waals surface area contributed by atoms with Crippen molar-refractivity contribution in [3.05, 3.63) is 56.4 Å². The maximum Gasteiger partial charge on any atom is 0.259 e. The first-order valence-corrected chi connectivity index (χ1v) is 12.4. The fourth-order valence-corrected chi connectivity index (χ4v) is 5.17. The van der Waals surface area contributed by atoms with E-state index in [2.05, 4.69) is 25.5 Å². The molecule has 1 aromatic carbocycles. The number of hydrazine groups is 1. The zero-order chi connectivity index (χ0) is 25.0. The maximum atomic E-state index is 12.3. The van der Waals surface area contributed by atoms with Gasteiger partial charge in [0.15, 0.2) is 5.78 Å². The topological polar surface area (TPSA) is 167 Å². The number of ketones is 1.